The minimum atomic E-state index is -0.0681. The van der Waals surface area contributed by atoms with Crippen molar-refractivity contribution in [1.29, 1.82) is 0 Å². The van der Waals surface area contributed by atoms with Crippen LogP contribution in [0.1, 0.15) is 18.4 Å². The van der Waals surface area contributed by atoms with E-state index in [1.165, 1.54) is 4.90 Å². The summed E-state index contributed by atoms with van der Waals surface area (Å²) < 4.78 is 0. The smallest absolute Gasteiger partial charge is 0.249 e. The molecule has 21 heavy (non-hydrogen) atoms. The lowest BCUT2D eigenvalue weighted by molar-refractivity contribution is -0.148. The Labute approximate surface area is 124 Å². The van der Waals surface area contributed by atoms with Gasteiger partial charge in [0, 0.05) is 11.7 Å². The molecule has 2 saturated heterocycles. The quantitative estimate of drug-likeness (QED) is 0.822. The van der Waals surface area contributed by atoms with Crippen LogP contribution in [0.25, 0.3) is 0 Å². The monoisotopic (exact) mass is 287 g/mol. The van der Waals surface area contributed by atoms with Gasteiger partial charge in [0.2, 0.25) is 11.8 Å². The number of nitrogens with zero attached hydrogens (tertiary/aromatic N) is 2. The van der Waals surface area contributed by atoms with E-state index < -0.39 is 0 Å². The molecule has 0 aromatic heterocycles. The summed E-state index contributed by atoms with van der Waals surface area (Å²) in [6.45, 7) is 4.34. The standard InChI is InChI=1S/C16H21N3O2/c1-12-4-2-3-5-14(12)18-10-15(20)19(16(21)11-18)13-6-8-17-9-7-13/h2-5,13,17H,6-11H2,1H3. The Morgan fingerprint density at radius 3 is 2.29 bits per heavy atom. The van der Waals surface area contributed by atoms with Crippen molar-refractivity contribution in [3.63, 3.8) is 0 Å². The van der Waals surface area contributed by atoms with E-state index in [-0.39, 0.29) is 17.9 Å². The molecule has 2 aliphatic rings. The van der Waals surface area contributed by atoms with Gasteiger partial charge >= 0.3 is 0 Å². The first-order valence-electron chi connectivity index (χ1n) is 7.53. The van der Waals surface area contributed by atoms with E-state index in [0.717, 1.165) is 37.2 Å². The van der Waals surface area contributed by atoms with Crippen LogP contribution in [0.4, 0.5) is 5.69 Å². The van der Waals surface area contributed by atoms with E-state index in [9.17, 15) is 9.59 Å². The lowest BCUT2D eigenvalue weighted by atomic mass is 10.0. The zero-order chi connectivity index (χ0) is 14.8. The minimum absolute atomic E-state index is 0.0681. The summed E-state index contributed by atoms with van der Waals surface area (Å²) in [5.74, 6) is -0.136. The predicted molar refractivity (Wildman–Crippen MR) is 81.1 cm³/mol. The Kier molecular flexibility index (Phi) is 3.92. The highest BCUT2D eigenvalue weighted by atomic mass is 16.2. The third-order valence-electron chi connectivity index (χ3n) is 4.32. The van der Waals surface area contributed by atoms with E-state index in [1.807, 2.05) is 36.1 Å². The number of benzene rings is 1. The maximum absolute atomic E-state index is 12.4. The Balaban J connectivity index is 1.76. The maximum Gasteiger partial charge on any atom is 0.249 e. The van der Waals surface area contributed by atoms with Gasteiger partial charge in [-0.05, 0) is 44.5 Å². The van der Waals surface area contributed by atoms with Gasteiger partial charge in [-0.25, -0.2) is 0 Å². The summed E-state index contributed by atoms with van der Waals surface area (Å²) in [5, 5.41) is 3.27. The van der Waals surface area contributed by atoms with Crippen LogP contribution in [0.5, 0.6) is 0 Å². The van der Waals surface area contributed by atoms with Crippen LogP contribution in [-0.4, -0.2) is 48.9 Å². The number of amides is 2. The van der Waals surface area contributed by atoms with E-state index in [2.05, 4.69) is 5.32 Å². The Morgan fingerprint density at radius 1 is 1.05 bits per heavy atom. The van der Waals surface area contributed by atoms with Crippen molar-refractivity contribution in [2.75, 3.05) is 31.1 Å². The number of aryl methyl sites for hydroxylation is 1. The number of imide groups is 1. The average molecular weight is 287 g/mol. The predicted octanol–water partition coefficient (Wildman–Crippen LogP) is 0.922. The van der Waals surface area contributed by atoms with Crippen LogP contribution in [-0.2, 0) is 9.59 Å². The van der Waals surface area contributed by atoms with Gasteiger partial charge in [-0.3, -0.25) is 14.5 Å². The van der Waals surface area contributed by atoms with Crippen LogP contribution < -0.4 is 10.2 Å². The first-order valence-corrected chi connectivity index (χ1v) is 7.53. The van der Waals surface area contributed by atoms with Gasteiger partial charge in [-0.2, -0.15) is 0 Å². The normalized spacial score (nSPS) is 21.0. The fourth-order valence-corrected chi connectivity index (χ4v) is 3.23. The summed E-state index contributed by atoms with van der Waals surface area (Å²) in [4.78, 5) is 28.3. The molecule has 1 aromatic carbocycles. The fraction of sp³-hybridized carbons (Fsp3) is 0.500. The van der Waals surface area contributed by atoms with Gasteiger partial charge in [0.1, 0.15) is 0 Å². The first-order chi connectivity index (χ1) is 10.2. The topological polar surface area (TPSA) is 52.7 Å². The van der Waals surface area contributed by atoms with E-state index in [0.29, 0.717) is 13.1 Å². The second-order valence-corrected chi connectivity index (χ2v) is 5.78. The zero-order valence-electron chi connectivity index (χ0n) is 12.3. The summed E-state index contributed by atoms with van der Waals surface area (Å²) in [7, 11) is 0. The third-order valence-corrected chi connectivity index (χ3v) is 4.32. The number of piperazine rings is 1. The largest absolute Gasteiger partial charge is 0.353 e. The number of carbonyl (C=O) groups is 2. The number of piperidine rings is 1. The molecule has 1 aromatic rings. The van der Waals surface area contributed by atoms with Gasteiger partial charge in [0.05, 0.1) is 13.1 Å². The van der Waals surface area contributed by atoms with Crippen molar-refractivity contribution in [2.45, 2.75) is 25.8 Å². The number of para-hydroxylation sites is 1. The van der Waals surface area contributed by atoms with Crippen LogP contribution >= 0.6 is 0 Å². The molecule has 3 rings (SSSR count). The van der Waals surface area contributed by atoms with Crippen molar-refractivity contribution in [3.05, 3.63) is 29.8 Å². The van der Waals surface area contributed by atoms with Crippen molar-refractivity contribution in [2.24, 2.45) is 0 Å². The summed E-state index contributed by atoms with van der Waals surface area (Å²) in [6, 6.07) is 7.95. The highest BCUT2D eigenvalue weighted by Gasteiger charge is 2.36. The molecular weight excluding hydrogens is 266 g/mol. The van der Waals surface area contributed by atoms with E-state index >= 15 is 0 Å². The molecule has 2 aliphatic heterocycles. The summed E-state index contributed by atoms with van der Waals surface area (Å²) in [5.41, 5.74) is 2.07. The highest BCUT2D eigenvalue weighted by Crippen LogP contribution is 2.23. The molecular formula is C16H21N3O2. The number of hydrogen-bond acceptors (Lipinski definition) is 4. The van der Waals surface area contributed by atoms with Gasteiger partial charge < -0.3 is 10.2 Å². The van der Waals surface area contributed by atoms with Gasteiger partial charge in [0.25, 0.3) is 0 Å². The molecule has 1 N–H and O–H groups in total. The van der Waals surface area contributed by atoms with E-state index in [1.54, 1.807) is 0 Å². The van der Waals surface area contributed by atoms with E-state index in [4.69, 9.17) is 0 Å². The number of anilines is 1. The Morgan fingerprint density at radius 2 is 1.67 bits per heavy atom. The first kappa shape index (κ1) is 14.1. The van der Waals surface area contributed by atoms with Crippen LogP contribution in [0.2, 0.25) is 0 Å². The second kappa shape index (κ2) is 5.85. The Bertz CT molecular complexity index is 534. The van der Waals surface area contributed by atoms with Crippen LogP contribution in [0.3, 0.4) is 0 Å². The maximum atomic E-state index is 12.4. The number of hydrogen-bond donors (Lipinski definition) is 1. The molecule has 0 aliphatic carbocycles. The summed E-state index contributed by atoms with van der Waals surface area (Å²) in [6.07, 6.45) is 1.73. The average Bonchev–Trinajstić information content (AvgIpc) is 2.48. The molecule has 2 fully saturated rings. The van der Waals surface area contributed by atoms with Crippen molar-refractivity contribution in [1.82, 2.24) is 10.2 Å². The second-order valence-electron chi connectivity index (χ2n) is 5.78. The number of carbonyl (C=O) groups excluding carboxylic acids is 2. The molecule has 5 heteroatoms. The van der Waals surface area contributed by atoms with Gasteiger partial charge in [-0.1, -0.05) is 18.2 Å². The molecule has 0 radical (unpaired) electrons. The molecule has 0 saturated carbocycles. The van der Waals surface area contributed by atoms with Crippen molar-refractivity contribution in [3.8, 4) is 0 Å². The van der Waals surface area contributed by atoms with Crippen LogP contribution in [0.15, 0.2) is 24.3 Å². The van der Waals surface area contributed by atoms with Crippen LogP contribution in [0, 0.1) is 6.92 Å². The number of rotatable bonds is 2. The Hall–Kier alpha value is -1.88. The summed E-state index contributed by atoms with van der Waals surface area (Å²) >= 11 is 0. The molecule has 0 bridgehead atoms. The lowest BCUT2D eigenvalue weighted by Gasteiger charge is -2.40. The van der Waals surface area contributed by atoms with Crippen molar-refractivity contribution < 1.29 is 9.59 Å². The van der Waals surface area contributed by atoms with Gasteiger partial charge in [-0.15, -0.1) is 0 Å². The molecule has 112 valence electrons. The third kappa shape index (κ3) is 2.78. The van der Waals surface area contributed by atoms with Crippen molar-refractivity contribution >= 4 is 17.5 Å². The zero-order valence-corrected chi connectivity index (χ0v) is 12.3. The van der Waals surface area contributed by atoms with Gasteiger partial charge in [0.15, 0.2) is 0 Å². The fourth-order valence-electron chi connectivity index (χ4n) is 3.23. The molecule has 0 unspecified atom stereocenters. The molecule has 2 heterocycles. The SMILES string of the molecule is Cc1ccccc1N1CC(=O)N(C2CCNCC2)C(=O)C1. The molecule has 0 atom stereocenters. The lowest BCUT2D eigenvalue weighted by Crippen LogP contribution is -2.59. The number of nitrogens with one attached hydrogen (secondary N) is 1. The molecule has 5 nitrogen and oxygen atoms in total. The molecule has 0 spiro atoms. The minimum Gasteiger partial charge on any atom is -0.353 e. The molecule has 2 amide bonds. The highest BCUT2D eigenvalue weighted by molar-refractivity contribution is 6.03.